The molecule has 0 spiro atoms. The molecule has 2 rings (SSSR count). The second-order valence-corrected chi connectivity index (χ2v) is 5.26. The molecule has 1 aliphatic heterocycles. The summed E-state index contributed by atoms with van der Waals surface area (Å²) >= 11 is 0. The molecule has 0 radical (unpaired) electrons. The van der Waals surface area contributed by atoms with E-state index in [9.17, 15) is 4.21 Å². The van der Waals surface area contributed by atoms with Crippen molar-refractivity contribution < 1.29 is 4.21 Å². The van der Waals surface area contributed by atoms with E-state index in [0.29, 0.717) is 16.8 Å². The molecule has 1 N–H and O–H groups in total. The first-order chi connectivity index (χ1) is 7.25. The zero-order valence-corrected chi connectivity index (χ0v) is 9.59. The molecule has 1 saturated heterocycles. The lowest BCUT2D eigenvalue weighted by Crippen LogP contribution is -2.27. The first-order valence-electron chi connectivity index (χ1n) is 5.18. The Balaban J connectivity index is 1.98. The number of aryl methyl sites for hydroxylation is 1. The van der Waals surface area contributed by atoms with Crippen molar-refractivity contribution in [3.8, 4) is 0 Å². The number of aromatic nitrogens is 2. The van der Waals surface area contributed by atoms with Crippen molar-refractivity contribution in [2.45, 2.75) is 30.8 Å². The lowest BCUT2D eigenvalue weighted by atomic mass is 10.3. The minimum atomic E-state index is -1.02. The van der Waals surface area contributed by atoms with E-state index in [-0.39, 0.29) is 0 Å². The molecule has 5 heteroatoms. The van der Waals surface area contributed by atoms with Gasteiger partial charge in [-0.05, 0) is 38.4 Å². The summed E-state index contributed by atoms with van der Waals surface area (Å²) in [6.07, 6.45) is 2.30. The Morgan fingerprint density at radius 2 is 2.40 bits per heavy atom. The van der Waals surface area contributed by atoms with Gasteiger partial charge in [0.15, 0.2) is 0 Å². The minimum absolute atomic E-state index is 0.383. The summed E-state index contributed by atoms with van der Waals surface area (Å²) in [5, 5.41) is 11.8. The number of nitrogens with zero attached hydrogens (tertiary/aromatic N) is 2. The molecular formula is C10H15N3OS. The fraction of sp³-hybridized carbons (Fsp3) is 0.600. The quantitative estimate of drug-likeness (QED) is 0.820. The summed E-state index contributed by atoms with van der Waals surface area (Å²) in [5.74, 6) is 0.651. The SMILES string of the molecule is Cc1ccc([S@@](=O)C[C@@H]2CCCN2)nn1. The molecule has 4 nitrogen and oxygen atoms in total. The van der Waals surface area contributed by atoms with E-state index < -0.39 is 10.8 Å². The summed E-state index contributed by atoms with van der Waals surface area (Å²) < 4.78 is 11.9. The Morgan fingerprint density at radius 1 is 1.53 bits per heavy atom. The van der Waals surface area contributed by atoms with Crippen molar-refractivity contribution >= 4 is 10.8 Å². The number of rotatable bonds is 3. The lowest BCUT2D eigenvalue weighted by molar-refractivity contribution is 0.639. The average Bonchev–Trinajstić information content (AvgIpc) is 2.71. The predicted octanol–water partition coefficient (Wildman–Crippen LogP) is 0.645. The van der Waals surface area contributed by atoms with Gasteiger partial charge in [0.2, 0.25) is 0 Å². The molecule has 0 aromatic carbocycles. The summed E-state index contributed by atoms with van der Waals surface area (Å²) in [6.45, 7) is 2.92. The smallest absolute Gasteiger partial charge is 0.149 e. The van der Waals surface area contributed by atoms with Crippen molar-refractivity contribution in [1.82, 2.24) is 15.5 Å². The van der Waals surface area contributed by atoms with Gasteiger partial charge >= 0.3 is 0 Å². The molecule has 0 aliphatic carbocycles. The van der Waals surface area contributed by atoms with Crippen LogP contribution in [0.25, 0.3) is 0 Å². The van der Waals surface area contributed by atoms with Crippen molar-refractivity contribution in [1.29, 1.82) is 0 Å². The Bertz CT molecular complexity index is 346. The van der Waals surface area contributed by atoms with Gasteiger partial charge < -0.3 is 5.32 Å². The summed E-state index contributed by atoms with van der Waals surface area (Å²) in [5.41, 5.74) is 0.856. The van der Waals surface area contributed by atoms with Crippen LogP contribution in [-0.2, 0) is 10.8 Å². The molecule has 0 saturated carbocycles. The second-order valence-electron chi connectivity index (χ2n) is 3.82. The van der Waals surface area contributed by atoms with Gasteiger partial charge in [0.1, 0.15) is 5.03 Å². The zero-order valence-electron chi connectivity index (χ0n) is 8.77. The second kappa shape index (κ2) is 4.81. The van der Waals surface area contributed by atoms with E-state index in [1.165, 1.54) is 6.42 Å². The van der Waals surface area contributed by atoms with Gasteiger partial charge in [0.05, 0.1) is 16.5 Å². The number of hydrogen-bond donors (Lipinski definition) is 1. The summed E-state index contributed by atoms with van der Waals surface area (Å²) in [6, 6.07) is 4.03. The van der Waals surface area contributed by atoms with Crippen LogP contribution in [0.15, 0.2) is 17.2 Å². The first-order valence-corrected chi connectivity index (χ1v) is 6.50. The maximum absolute atomic E-state index is 11.9. The number of hydrogen-bond acceptors (Lipinski definition) is 4. The third-order valence-corrected chi connectivity index (χ3v) is 3.91. The molecule has 1 fully saturated rings. The Hall–Kier alpha value is -0.810. The van der Waals surface area contributed by atoms with E-state index >= 15 is 0 Å². The van der Waals surface area contributed by atoms with E-state index in [4.69, 9.17) is 0 Å². The van der Waals surface area contributed by atoms with E-state index in [1.807, 2.05) is 13.0 Å². The van der Waals surface area contributed by atoms with Crippen LogP contribution in [0, 0.1) is 6.92 Å². The van der Waals surface area contributed by atoms with Crippen molar-refractivity contribution in [2.75, 3.05) is 12.3 Å². The molecule has 1 aromatic heterocycles. The monoisotopic (exact) mass is 225 g/mol. The van der Waals surface area contributed by atoms with Crippen LogP contribution in [-0.4, -0.2) is 32.7 Å². The normalized spacial score (nSPS) is 22.9. The van der Waals surface area contributed by atoms with E-state index in [2.05, 4.69) is 15.5 Å². The molecule has 15 heavy (non-hydrogen) atoms. The zero-order chi connectivity index (χ0) is 10.7. The topological polar surface area (TPSA) is 54.9 Å². The average molecular weight is 225 g/mol. The van der Waals surface area contributed by atoms with Crippen molar-refractivity contribution in [3.05, 3.63) is 17.8 Å². The molecule has 82 valence electrons. The van der Waals surface area contributed by atoms with Crippen LogP contribution in [0.4, 0.5) is 0 Å². The third-order valence-electron chi connectivity index (χ3n) is 2.52. The highest BCUT2D eigenvalue weighted by molar-refractivity contribution is 7.85. The van der Waals surface area contributed by atoms with Gasteiger partial charge in [-0.25, -0.2) is 0 Å². The van der Waals surface area contributed by atoms with Gasteiger partial charge in [-0.15, -0.1) is 5.10 Å². The minimum Gasteiger partial charge on any atom is -0.313 e. The van der Waals surface area contributed by atoms with Gasteiger partial charge in [0.25, 0.3) is 0 Å². The van der Waals surface area contributed by atoms with Gasteiger partial charge in [-0.1, -0.05) is 0 Å². The largest absolute Gasteiger partial charge is 0.313 e. The van der Waals surface area contributed by atoms with Gasteiger partial charge in [0, 0.05) is 11.8 Å². The predicted molar refractivity (Wildman–Crippen MR) is 59.1 cm³/mol. The molecule has 1 aromatic rings. The van der Waals surface area contributed by atoms with Crippen LogP contribution in [0.1, 0.15) is 18.5 Å². The van der Waals surface area contributed by atoms with Crippen LogP contribution in [0.5, 0.6) is 0 Å². The maximum atomic E-state index is 11.9. The van der Waals surface area contributed by atoms with Crippen LogP contribution < -0.4 is 5.32 Å². The highest BCUT2D eigenvalue weighted by Crippen LogP contribution is 2.10. The third kappa shape index (κ3) is 2.82. The fourth-order valence-corrected chi connectivity index (χ4v) is 2.85. The Labute approximate surface area is 91.9 Å². The first kappa shape index (κ1) is 10.7. The lowest BCUT2D eigenvalue weighted by Gasteiger charge is -2.08. The van der Waals surface area contributed by atoms with Crippen LogP contribution >= 0.6 is 0 Å². The van der Waals surface area contributed by atoms with Crippen molar-refractivity contribution in [2.24, 2.45) is 0 Å². The summed E-state index contributed by atoms with van der Waals surface area (Å²) in [7, 11) is -1.02. The Morgan fingerprint density at radius 3 is 3.00 bits per heavy atom. The van der Waals surface area contributed by atoms with Crippen molar-refractivity contribution in [3.63, 3.8) is 0 Å². The van der Waals surface area contributed by atoms with E-state index in [1.54, 1.807) is 6.07 Å². The van der Waals surface area contributed by atoms with E-state index in [0.717, 1.165) is 18.7 Å². The highest BCUT2D eigenvalue weighted by atomic mass is 32.2. The number of nitrogens with one attached hydrogen (secondary N) is 1. The molecule has 2 heterocycles. The molecule has 0 bridgehead atoms. The highest BCUT2D eigenvalue weighted by Gasteiger charge is 2.18. The summed E-state index contributed by atoms with van der Waals surface area (Å²) in [4.78, 5) is 0. The van der Waals surface area contributed by atoms with Gasteiger partial charge in [-0.2, -0.15) is 5.10 Å². The fourth-order valence-electron chi connectivity index (χ4n) is 1.68. The molecule has 1 aliphatic rings. The van der Waals surface area contributed by atoms with Gasteiger partial charge in [-0.3, -0.25) is 4.21 Å². The standard InChI is InChI=1S/C10H15N3OS/c1-8-4-5-10(13-12-8)15(14)7-9-3-2-6-11-9/h4-5,9,11H,2-3,6-7H2,1H3/t9-,15-/m0/s1. The molecular weight excluding hydrogens is 210 g/mol. The molecule has 2 atom stereocenters. The maximum Gasteiger partial charge on any atom is 0.149 e. The van der Waals surface area contributed by atoms with Crippen LogP contribution in [0.3, 0.4) is 0 Å². The Kier molecular flexibility index (Phi) is 3.43. The van der Waals surface area contributed by atoms with Crippen LogP contribution in [0.2, 0.25) is 0 Å². The molecule has 0 unspecified atom stereocenters. The molecule has 0 amide bonds.